The molecular formula is C23H24N4O3. The van der Waals surface area contributed by atoms with E-state index in [0.29, 0.717) is 6.54 Å². The third kappa shape index (κ3) is 3.78. The topological polar surface area (TPSA) is 87.5 Å². The van der Waals surface area contributed by atoms with E-state index in [-0.39, 0.29) is 13.0 Å². The third-order valence-corrected chi connectivity index (χ3v) is 5.57. The van der Waals surface area contributed by atoms with E-state index in [9.17, 15) is 14.7 Å². The lowest BCUT2D eigenvalue weighted by Crippen LogP contribution is -2.50. The van der Waals surface area contributed by atoms with Gasteiger partial charge in [0.15, 0.2) is 0 Å². The first-order valence-corrected chi connectivity index (χ1v) is 9.87. The summed E-state index contributed by atoms with van der Waals surface area (Å²) in [5.74, 6) is -1.03. The summed E-state index contributed by atoms with van der Waals surface area (Å²) >= 11 is 0. The molecule has 0 radical (unpaired) electrons. The van der Waals surface area contributed by atoms with Crippen molar-refractivity contribution in [3.05, 3.63) is 82.9 Å². The number of aromatic nitrogens is 2. The van der Waals surface area contributed by atoms with Gasteiger partial charge in [-0.2, -0.15) is 0 Å². The molecule has 0 bridgehead atoms. The first-order chi connectivity index (χ1) is 14.4. The van der Waals surface area contributed by atoms with E-state index in [4.69, 9.17) is 0 Å². The van der Waals surface area contributed by atoms with Gasteiger partial charge in [0, 0.05) is 18.7 Å². The fourth-order valence-corrected chi connectivity index (χ4v) is 3.91. The molecule has 2 amide bonds. The molecule has 7 heteroatoms. The van der Waals surface area contributed by atoms with Crippen molar-refractivity contribution in [2.75, 3.05) is 5.32 Å². The highest BCUT2D eigenvalue weighted by atomic mass is 16.4. The molecule has 4 rings (SSSR count). The van der Waals surface area contributed by atoms with Crippen LogP contribution in [0, 0.1) is 13.8 Å². The molecule has 3 aromatic rings. The largest absolute Gasteiger partial charge is 0.480 e. The number of rotatable bonds is 4. The van der Waals surface area contributed by atoms with Crippen LogP contribution in [0.25, 0.3) is 0 Å². The molecule has 30 heavy (non-hydrogen) atoms. The molecule has 7 nitrogen and oxygen atoms in total. The Kier molecular flexibility index (Phi) is 5.27. The van der Waals surface area contributed by atoms with Crippen molar-refractivity contribution in [1.82, 2.24) is 14.5 Å². The molecule has 2 aromatic carbocycles. The summed E-state index contributed by atoms with van der Waals surface area (Å²) in [4.78, 5) is 30.8. The Labute approximate surface area is 175 Å². The van der Waals surface area contributed by atoms with E-state index < -0.39 is 18.0 Å². The average Bonchev–Trinajstić information content (AvgIpc) is 3.12. The maximum Gasteiger partial charge on any atom is 0.326 e. The van der Waals surface area contributed by atoms with E-state index >= 15 is 0 Å². The van der Waals surface area contributed by atoms with Crippen molar-refractivity contribution < 1.29 is 14.7 Å². The fourth-order valence-electron chi connectivity index (χ4n) is 3.91. The van der Waals surface area contributed by atoms with Crippen LogP contribution in [0.3, 0.4) is 0 Å². The highest BCUT2D eigenvalue weighted by Gasteiger charge is 2.37. The lowest BCUT2D eigenvalue weighted by atomic mass is 10.0. The number of nitrogens with zero attached hydrogens (tertiary/aromatic N) is 3. The number of carboxylic acid groups (broad SMARTS) is 1. The monoisotopic (exact) mass is 404 g/mol. The number of benzene rings is 2. The maximum absolute atomic E-state index is 13.1. The third-order valence-electron chi connectivity index (χ3n) is 5.57. The highest BCUT2D eigenvalue weighted by molar-refractivity contribution is 5.94. The standard InChI is InChI=1S/C23H24N4O3/c1-15-7-6-8-16(2)21(15)25-23(30)27-13-20-18(11-19(27)22(28)29)24-14-26(20)12-17-9-4-3-5-10-17/h3-10,14,19H,11-13H2,1-2H3,(H,25,30)(H,28,29). The average molecular weight is 404 g/mol. The van der Waals surface area contributed by atoms with E-state index in [2.05, 4.69) is 10.3 Å². The molecule has 2 N–H and O–H groups in total. The van der Waals surface area contributed by atoms with Crippen LogP contribution in [-0.2, 0) is 24.3 Å². The molecule has 1 atom stereocenters. The number of para-hydroxylation sites is 1. The number of imidazole rings is 1. The van der Waals surface area contributed by atoms with Crippen LogP contribution in [0.4, 0.5) is 10.5 Å². The summed E-state index contributed by atoms with van der Waals surface area (Å²) < 4.78 is 1.99. The number of hydrogen-bond acceptors (Lipinski definition) is 3. The maximum atomic E-state index is 13.1. The quantitative estimate of drug-likeness (QED) is 0.696. The number of anilines is 1. The lowest BCUT2D eigenvalue weighted by Gasteiger charge is -2.33. The molecular weight excluding hydrogens is 380 g/mol. The number of aryl methyl sites for hydroxylation is 2. The number of amides is 2. The minimum absolute atomic E-state index is 0.187. The smallest absolute Gasteiger partial charge is 0.326 e. The molecule has 0 aliphatic carbocycles. The Balaban J connectivity index is 1.62. The van der Waals surface area contributed by atoms with Gasteiger partial charge in [-0.3, -0.25) is 0 Å². The van der Waals surface area contributed by atoms with Gasteiger partial charge < -0.3 is 19.9 Å². The van der Waals surface area contributed by atoms with Crippen LogP contribution in [0.1, 0.15) is 28.1 Å². The van der Waals surface area contributed by atoms with Gasteiger partial charge in [-0.25, -0.2) is 14.6 Å². The Hall–Kier alpha value is -3.61. The van der Waals surface area contributed by atoms with E-state index in [1.807, 2.05) is 66.9 Å². The summed E-state index contributed by atoms with van der Waals surface area (Å²) in [5, 5.41) is 12.7. The zero-order valence-electron chi connectivity index (χ0n) is 17.0. The molecule has 0 fully saturated rings. The Morgan fingerprint density at radius 2 is 1.80 bits per heavy atom. The number of carbonyl (C=O) groups excluding carboxylic acids is 1. The van der Waals surface area contributed by atoms with Crippen molar-refractivity contribution in [2.45, 2.75) is 39.4 Å². The van der Waals surface area contributed by atoms with Gasteiger partial charge in [-0.05, 0) is 30.5 Å². The molecule has 2 heterocycles. The van der Waals surface area contributed by atoms with Gasteiger partial charge >= 0.3 is 12.0 Å². The van der Waals surface area contributed by atoms with Gasteiger partial charge in [-0.15, -0.1) is 0 Å². The van der Waals surface area contributed by atoms with Gasteiger partial charge in [0.05, 0.1) is 24.3 Å². The van der Waals surface area contributed by atoms with Crippen LogP contribution >= 0.6 is 0 Å². The molecule has 1 aliphatic rings. The van der Waals surface area contributed by atoms with Gasteiger partial charge in [0.2, 0.25) is 0 Å². The predicted molar refractivity (Wildman–Crippen MR) is 113 cm³/mol. The molecule has 0 saturated heterocycles. The number of carbonyl (C=O) groups is 2. The van der Waals surface area contributed by atoms with Crippen LogP contribution in [0.2, 0.25) is 0 Å². The van der Waals surface area contributed by atoms with Crippen molar-refractivity contribution in [3.8, 4) is 0 Å². The Morgan fingerprint density at radius 1 is 1.10 bits per heavy atom. The lowest BCUT2D eigenvalue weighted by molar-refractivity contribution is -0.142. The van der Waals surface area contributed by atoms with Gasteiger partial charge in [0.1, 0.15) is 6.04 Å². The highest BCUT2D eigenvalue weighted by Crippen LogP contribution is 2.26. The molecule has 0 spiro atoms. The minimum atomic E-state index is -1.03. The predicted octanol–water partition coefficient (Wildman–Crippen LogP) is 3.59. The van der Waals surface area contributed by atoms with Crippen molar-refractivity contribution in [2.24, 2.45) is 0 Å². The van der Waals surface area contributed by atoms with E-state index in [1.54, 1.807) is 6.33 Å². The summed E-state index contributed by atoms with van der Waals surface area (Å²) in [7, 11) is 0. The summed E-state index contributed by atoms with van der Waals surface area (Å²) in [6.07, 6.45) is 1.91. The van der Waals surface area contributed by atoms with Crippen LogP contribution in [-0.4, -0.2) is 37.6 Å². The zero-order valence-corrected chi connectivity index (χ0v) is 17.0. The normalized spacial score (nSPS) is 15.5. The molecule has 1 unspecified atom stereocenters. The number of carboxylic acids is 1. The summed E-state index contributed by atoms with van der Waals surface area (Å²) in [6, 6.07) is 14.4. The first kappa shape index (κ1) is 19.7. The molecule has 1 aliphatic heterocycles. The van der Waals surface area contributed by atoms with Crippen LogP contribution < -0.4 is 5.32 Å². The second-order valence-corrected chi connectivity index (χ2v) is 7.63. The van der Waals surface area contributed by atoms with Gasteiger partial charge in [0.25, 0.3) is 0 Å². The number of fused-ring (bicyclic) bond motifs is 1. The number of urea groups is 1. The fraction of sp³-hybridized carbons (Fsp3) is 0.261. The number of aliphatic carboxylic acids is 1. The van der Waals surface area contributed by atoms with Crippen molar-refractivity contribution in [1.29, 1.82) is 0 Å². The second-order valence-electron chi connectivity index (χ2n) is 7.63. The van der Waals surface area contributed by atoms with Crippen molar-refractivity contribution >= 4 is 17.7 Å². The van der Waals surface area contributed by atoms with Gasteiger partial charge in [-0.1, -0.05) is 48.5 Å². The molecule has 0 saturated carbocycles. The first-order valence-electron chi connectivity index (χ1n) is 9.87. The minimum Gasteiger partial charge on any atom is -0.480 e. The van der Waals surface area contributed by atoms with Crippen LogP contribution in [0.15, 0.2) is 54.9 Å². The summed E-state index contributed by atoms with van der Waals surface area (Å²) in [6.45, 7) is 4.64. The SMILES string of the molecule is Cc1cccc(C)c1NC(=O)N1Cc2c(ncn2Cc2ccccc2)CC1C(=O)O. The Bertz CT molecular complexity index is 1070. The second kappa shape index (κ2) is 8.02. The molecule has 154 valence electrons. The van der Waals surface area contributed by atoms with E-state index in [1.165, 1.54) is 4.90 Å². The zero-order chi connectivity index (χ0) is 21.3. The number of hydrogen-bond donors (Lipinski definition) is 2. The van der Waals surface area contributed by atoms with Crippen LogP contribution in [0.5, 0.6) is 0 Å². The van der Waals surface area contributed by atoms with Crippen molar-refractivity contribution in [3.63, 3.8) is 0 Å². The Morgan fingerprint density at radius 3 is 2.47 bits per heavy atom. The number of nitrogens with one attached hydrogen (secondary N) is 1. The van der Waals surface area contributed by atoms with E-state index in [0.717, 1.165) is 33.8 Å². The molecule has 1 aromatic heterocycles. The summed E-state index contributed by atoms with van der Waals surface area (Å²) in [5.41, 5.74) is 5.30.